The van der Waals surface area contributed by atoms with Crippen LogP contribution in [0.15, 0.2) is 159 Å². The van der Waals surface area contributed by atoms with Crippen molar-refractivity contribution >= 4 is 109 Å². The van der Waals surface area contributed by atoms with E-state index < -0.39 is 42.8 Å². The van der Waals surface area contributed by atoms with Gasteiger partial charge in [-0.05, 0) is 127 Å². The molecule has 3 fully saturated rings. The molecule has 0 saturated carbocycles. The van der Waals surface area contributed by atoms with Crippen LogP contribution in [0, 0.1) is 13.8 Å². The highest BCUT2D eigenvalue weighted by atomic mass is 35.5. The fourth-order valence-corrected chi connectivity index (χ4v) is 17.0. The van der Waals surface area contributed by atoms with Gasteiger partial charge in [-0.15, -0.1) is 23.2 Å². The number of phenols is 1. The average Bonchev–Trinajstić information content (AvgIpc) is 1.62. The summed E-state index contributed by atoms with van der Waals surface area (Å²) in [5.74, 6) is 1.14. The van der Waals surface area contributed by atoms with Crippen LogP contribution in [0.5, 0.6) is 23.0 Å². The van der Waals surface area contributed by atoms with Crippen molar-refractivity contribution in [3.05, 3.63) is 214 Å². The summed E-state index contributed by atoms with van der Waals surface area (Å²) in [4.78, 5) is 109. The van der Waals surface area contributed by atoms with Gasteiger partial charge in [-0.1, -0.05) is 122 Å². The van der Waals surface area contributed by atoms with Gasteiger partial charge in [0.1, 0.15) is 49.4 Å². The fourth-order valence-electron chi connectivity index (χ4n) is 16.5. The number of hydrogen-bond acceptors (Lipinski definition) is 16. The van der Waals surface area contributed by atoms with Gasteiger partial charge in [0, 0.05) is 111 Å². The van der Waals surface area contributed by atoms with Crippen LogP contribution in [0.3, 0.4) is 0 Å². The van der Waals surface area contributed by atoms with Crippen molar-refractivity contribution in [2.75, 3.05) is 104 Å². The normalized spacial score (nSPS) is 20.0. The highest BCUT2D eigenvalue weighted by Crippen LogP contribution is 2.49. The predicted molar refractivity (Wildman–Crippen MR) is 425 cm³/mol. The molecule has 0 aliphatic carbocycles. The monoisotopic (exact) mass is 1540 g/mol. The lowest BCUT2D eigenvalue weighted by molar-refractivity contribution is -0.118. The Morgan fingerprint density at radius 1 is 0.505 bits per heavy atom. The number of piperidine rings is 2. The molecule has 7 amide bonds. The van der Waals surface area contributed by atoms with Gasteiger partial charge in [0.2, 0.25) is 11.8 Å². The van der Waals surface area contributed by atoms with Gasteiger partial charge in [0.25, 0.3) is 11.8 Å². The third-order valence-electron chi connectivity index (χ3n) is 22.1. The van der Waals surface area contributed by atoms with Crippen molar-refractivity contribution in [2.45, 2.75) is 115 Å². The fraction of sp³-hybridized carbons (Fsp3) is 0.360. The number of anilines is 4. The van der Waals surface area contributed by atoms with E-state index in [-0.39, 0.29) is 97.4 Å². The zero-order chi connectivity index (χ0) is 77.9. The number of benzene rings is 8. The summed E-state index contributed by atoms with van der Waals surface area (Å²) in [6.07, 6.45) is 2.90. The smallest absolute Gasteiger partial charge is 0.416 e. The van der Waals surface area contributed by atoms with Gasteiger partial charge in [0.15, 0.2) is 12.5 Å². The first-order chi connectivity index (χ1) is 53.7. The summed E-state index contributed by atoms with van der Waals surface area (Å²) in [6.45, 7) is 15.5. The zero-order valence-corrected chi connectivity index (χ0v) is 63.9. The van der Waals surface area contributed by atoms with Crippen molar-refractivity contribution in [1.29, 1.82) is 0 Å². The van der Waals surface area contributed by atoms with Crippen LogP contribution >= 0.6 is 23.2 Å². The van der Waals surface area contributed by atoms with E-state index in [0.717, 1.165) is 103 Å². The molecule has 23 nitrogen and oxygen atoms in total. The van der Waals surface area contributed by atoms with E-state index >= 15 is 0 Å². The van der Waals surface area contributed by atoms with Crippen molar-refractivity contribution < 1.29 is 72.6 Å². The molecule has 6 atom stereocenters. The summed E-state index contributed by atoms with van der Waals surface area (Å²) < 4.78 is 29.4. The third kappa shape index (κ3) is 15.6. The molecule has 0 radical (unpaired) electrons. The van der Waals surface area contributed by atoms with E-state index in [1.807, 2.05) is 118 Å². The number of aliphatic hydroxyl groups excluding tert-OH is 2. The number of carbonyl (C=O) groups is 7. The number of amides is 7. The number of hydrogen-bond donors (Lipinski definition) is 3. The van der Waals surface area contributed by atoms with Crippen LogP contribution in [0.4, 0.5) is 37.1 Å². The molecule has 3 N–H and O–H groups in total. The van der Waals surface area contributed by atoms with E-state index in [2.05, 4.69) is 18.1 Å². The number of carbonyl (C=O) groups excluding carboxylic acids is 7. The number of alkyl halides is 2. The number of piperazine rings is 1. The van der Waals surface area contributed by atoms with Crippen LogP contribution in [-0.4, -0.2) is 186 Å². The van der Waals surface area contributed by atoms with Crippen LogP contribution in [-0.2, 0) is 45.1 Å². The van der Waals surface area contributed by atoms with Crippen molar-refractivity contribution in [1.82, 2.24) is 19.6 Å². The molecular weight excluding hydrogens is 1460 g/mol. The van der Waals surface area contributed by atoms with Crippen LogP contribution in [0.1, 0.15) is 116 Å². The molecule has 111 heavy (non-hydrogen) atoms. The minimum absolute atomic E-state index is 0.0509. The summed E-state index contributed by atoms with van der Waals surface area (Å²) >= 11 is 12.9. The average molecular weight is 1550 g/mol. The third-order valence-corrected chi connectivity index (χ3v) is 22.9. The quantitative estimate of drug-likeness (QED) is 0.0566. The highest BCUT2D eigenvalue weighted by Gasteiger charge is 2.47. The Bertz CT molecular complexity index is 4970. The molecule has 7 heterocycles. The lowest BCUT2D eigenvalue weighted by Crippen LogP contribution is -2.55. The molecule has 0 spiro atoms. The number of phenolic OH excluding ortho intramolecular Hbond substituents is 1. The van der Waals surface area contributed by atoms with Gasteiger partial charge < -0.3 is 68.4 Å². The number of rotatable bonds is 17. The maximum absolute atomic E-state index is 14.2. The number of aryl methyl sites for hydroxylation is 2. The van der Waals surface area contributed by atoms with E-state index in [9.17, 15) is 48.9 Å². The van der Waals surface area contributed by atoms with Crippen molar-refractivity contribution in [3.8, 4) is 23.0 Å². The Morgan fingerprint density at radius 3 is 1.41 bits per heavy atom. The maximum atomic E-state index is 14.2. The maximum Gasteiger partial charge on any atom is 0.416 e. The van der Waals surface area contributed by atoms with Gasteiger partial charge >= 0.3 is 18.3 Å². The van der Waals surface area contributed by atoms with Gasteiger partial charge in [-0.25, -0.2) is 24.2 Å². The number of likely N-dealkylation sites (N-methyl/N-ethyl adjacent to an activating group) is 1. The Morgan fingerprint density at radius 2 is 0.937 bits per heavy atom. The van der Waals surface area contributed by atoms with Crippen LogP contribution in [0.2, 0.25) is 0 Å². The number of aromatic hydroxyl groups is 1. The molecular formula is C86H90Cl2N8O15. The second kappa shape index (κ2) is 33.5. The Kier molecular flexibility index (Phi) is 23.2. The Hall–Kier alpha value is -10.7. The molecule has 8 aromatic carbocycles. The minimum Gasteiger partial charge on any atom is -0.507 e. The van der Waals surface area contributed by atoms with Gasteiger partial charge in [-0.2, -0.15) is 0 Å². The van der Waals surface area contributed by atoms with Crippen LogP contribution < -0.4 is 33.8 Å². The topological polar surface area (TPSA) is 252 Å². The van der Waals surface area contributed by atoms with E-state index in [0.29, 0.717) is 109 Å². The SMILES string of the molecule is C=CCOC(=O)N1c2cc(OCc3cccc(CC(=O)N4C[C@@H](CCl)c5c4cc(O)c4ccccc54)c3)c(C)cc2C(=O)N2CCCC[C@H]2C1O.C=CCOC(=O)N1c2cc(OCc3cccc(CC(=O)N4C[C@@H](CCl)c5c4cc(OC(=O)N4CCN(C)CC4)c4ccccc54)c3)c(C)cc2C(=O)N2CCCC[C@H]2C1O. The largest absolute Gasteiger partial charge is 0.507 e. The van der Waals surface area contributed by atoms with Gasteiger partial charge in [-0.3, -0.25) is 19.2 Å². The highest BCUT2D eigenvalue weighted by molar-refractivity contribution is 6.20. The van der Waals surface area contributed by atoms with E-state index in [1.54, 1.807) is 60.9 Å². The van der Waals surface area contributed by atoms with E-state index in [4.69, 9.17) is 46.9 Å². The summed E-state index contributed by atoms with van der Waals surface area (Å²) in [6, 6.07) is 39.5. The molecule has 15 rings (SSSR count). The molecule has 25 heteroatoms. The molecule has 0 aromatic heterocycles. The molecule has 7 aliphatic heterocycles. The zero-order valence-electron chi connectivity index (χ0n) is 62.4. The molecule has 2 unspecified atom stereocenters. The second-order valence-corrected chi connectivity index (χ2v) is 30.0. The number of halogens is 2. The van der Waals surface area contributed by atoms with Crippen molar-refractivity contribution in [2.24, 2.45) is 0 Å². The van der Waals surface area contributed by atoms with E-state index in [1.165, 1.54) is 12.2 Å². The first kappa shape index (κ1) is 77.1. The first-order valence-electron chi connectivity index (χ1n) is 37.8. The molecule has 0 bridgehead atoms. The summed E-state index contributed by atoms with van der Waals surface area (Å²) in [5.41, 5.74) is 8.87. The minimum atomic E-state index is -1.32. The summed E-state index contributed by atoms with van der Waals surface area (Å²) in [5, 5.41) is 37.1. The number of ether oxygens (including phenoxy) is 5. The molecule has 3 saturated heterocycles. The van der Waals surface area contributed by atoms with Crippen LogP contribution in [0.25, 0.3) is 21.5 Å². The number of aliphatic hydroxyl groups is 2. The first-order valence-corrected chi connectivity index (χ1v) is 38.8. The number of fused-ring (bicyclic) bond motifs is 10. The second-order valence-electron chi connectivity index (χ2n) is 29.4. The molecule has 578 valence electrons. The lowest BCUT2D eigenvalue weighted by Gasteiger charge is -2.38. The predicted octanol–water partition coefficient (Wildman–Crippen LogP) is 13.6. The number of nitrogens with zero attached hydrogens (tertiary/aromatic N) is 8. The van der Waals surface area contributed by atoms with Gasteiger partial charge in [0.05, 0.1) is 58.8 Å². The Labute approximate surface area is 654 Å². The lowest BCUT2D eigenvalue weighted by atomic mass is 9.95. The standard InChI is InChI=1S/C46H50ClN5O8.C40H40ClN3O7/c1-4-20-58-46(57)52-37-24-39(29(2)21-35(37)43(54)50-15-8-7-14-36(50)44(52)55)59-28-31-11-9-10-30(22-31)23-41(53)51-27-32(26-47)42-34-13-6-5-12-33(34)40(25-38(42)51)60-45(56)49-18-16-48(3)17-19-49;1-3-15-50-40(49)44-32-20-35(24(2)16-30(32)38(47)42-14-7-6-13-31(42)39(44)48)51-23-26-10-8-9-25(17-26)18-36(46)43-22-27(21-41)37-29-12-5-4-11-28(29)34(45)19-33(37)43/h4-6,9-13,21-22,24-25,32,36,44,55H,1,7-8,14-20,23,26-28H2,2-3H3;3-5,8-12,16-17,19-20,27,31,39,45,48H,1,6-7,13-15,18,21-23H2,2H3/t32-,36+,44?;27-,31+,39?/m11/s1. The molecule has 7 aliphatic rings. The molecule has 8 aromatic rings. The Balaban J connectivity index is 0.000000187. The summed E-state index contributed by atoms with van der Waals surface area (Å²) in [7, 11) is 2.03. The van der Waals surface area contributed by atoms with Crippen molar-refractivity contribution in [3.63, 3.8) is 0 Å².